The Morgan fingerprint density at radius 2 is 1.84 bits per heavy atom. The molecular weight excluding hydrogens is 498 g/mol. The first-order chi connectivity index (χ1) is 17.8. The minimum Gasteiger partial charge on any atom is -0.507 e. The van der Waals surface area contributed by atoms with Crippen LogP contribution in [0.5, 0.6) is 11.5 Å². The van der Waals surface area contributed by atoms with Crippen LogP contribution in [0.2, 0.25) is 0 Å². The third kappa shape index (κ3) is 4.77. The van der Waals surface area contributed by atoms with E-state index < -0.39 is 23.7 Å². The lowest BCUT2D eigenvalue weighted by Crippen LogP contribution is -2.29. The third-order valence-electron chi connectivity index (χ3n) is 5.65. The second-order valence-corrected chi connectivity index (χ2v) is 8.86. The lowest BCUT2D eigenvalue weighted by molar-refractivity contribution is -0.132. The number of carbonyl (C=O) groups excluding carboxylic acids is 3. The number of nitrogens with zero attached hydrogens (tertiary/aromatic N) is 3. The Hall–Kier alpha value is -4.25. The number of Topliss-reactive ketones (excluding diaryl/α,β-unsaturated/α-hetero) is 1. The largest absolute Gasteiger partial charge is 0.507 e. The molecule has 1 fully saturated rings. The van der Waals surface area contributed by atoms with Gasteiger partial charge in [0.15, 0.2) is 16.6 Å². The smallest absolute Gasteiger partial charge is 0.350 e. The summed E-state index contributed by atoms with van der Waals surface area (Å²) < 4.78 is 16.2. The molecule has 4 rings (SSSR count). The highest BCUT2D eigenvalue weighted by molar-refractivity contribution is 7.17. The number of aromatic nitrogens is 2. The second-order valence-electron chi connectivity index (χ2n) is 7.88. The number of aliphatic hydroxyl groups is 1. The fourth-order valence-corrected chi connectivity index (χ4v) is 5.00. The summed E-state index contributed by atoms with van der Waals surface area (Å²) in [4.78, 5) is 48.9. The molecule has 2 aromatic heterocycles. The van der Waals surface area contributed by atoms with E-state index in [1.165, 1.54) is 36.5 Å². The molecule has 1 aliphatic heterocycles. The minimum atomic E-state index is -1.06. The maximum absolute atomic E-state index is 13.4. The predicted octanol–water partition coefficient (Wildman–Crippen LogP) is 4.06. The Morgan fingerprint density at radius 3 is 2.49 bits per heavy atom. The summed E-state index contributed by atoms with van der Waals surface area (Å²) in [5.41, 5.74) is 1.02. The van der Waals surface area contributed by atoms with Crippen LogP contribution in [0.3, 0.4) is 0 Å². The van der Waals surface area contributed by atoms with Gasteiger partial charge in [-0.3, -0.25) is 19.5 Å². The molecule has 1 amide bonds. The number of pyridine rings is 1. The van der Waals surface area contributed by atoms with Crippen molar-refractivity contribution in [1.82, 2.24) is 9.97 Å². The SMILES string of the molecule is CCOC(=O)c1sc(N2C(=O)C(=O)C(=C(O)c3ccncc3)C2c2ccc(OCC)c(OC)c2)nc1C. The maximum atomic E-state index is 13.4. The summed E-state index contributed by atoms with van der Waals surface area (Å²) in [6.07, 6.45) is 2.94. The Labute approximate surface area is 217 Å². The van der Waals surface area contributed by atoms with Crippen molar-refractivity contribution in [2.75, 3.05) is 25.2 Å². The van der Waals surface area contributed by atoms with Gasteiger partial charge in [0, 0.05) is 18.0 Å². The summed E-state index contributed by atoms with van der Waals surface area (Å²) in [6.45, 7) is 5.73. The number of carbonyl (C=O) groups is 3. The molecule has 1 saturated heterocycles. The number of aliphatic hydroxyl groups excluding tert-OH is 1. The zero-order chi connectivity index (χ0) is 26.7. The van der Waals surface area contributed by atoms with E-state index in [-0.39, 0.29) is 27.9 Å². The highest BCUT2D eigenvalue weighted by Gasteiger charge is 2.48. The van der Waals surface area contributed by atoms with Gasteiger partial charge in [0.2, 0.25) is 0 Å². The van der Waals surface area contributed by atoms with Crippen LogP contribution in [0.4, 0.5) is 5.13 Å². The fourth-order valence-electron chi connectivity index (χ4n) is 4.01. The Balaban J connectivity index is 1.93. The molecule has 0 aliphatic carbocycles. The van der Waals surface area contributed by atoms with Crippen LogP contribution in [0.25, 0.3) is 5.76 Å². The topological polar surface area (TPSA) is 128 Å². The number of esters is 1. The quantitative estimate of drug-likeness (QED) is 0.201. The van der Waals surface area contributed by atoms with E-state index in [4.69, 9.17) is 14.2 Å². The molecule has 1 unspecified atom stereocenters. The van der Waals surface area contributed by atoms with Gasteiger partial charge in [-0.1, -0.05) is 17.4 Å². The van der Waals surface area contributed by atoms with Gasteiger partial charge >= 0.3 is 11.9 Å². The van der Waals surface area contributed by atoms with Gasteiger partial charge in [-0.2, -0.15) is 0 Å². The first-order valence-corrected chi connectivity index (χ1v) is 12.3. The molecular formula is C26H25N3O7S. The summed E-state index contributed by atoms with van der Waals surface area (Å²) in [5.74, 6) is -1.85. The molecule has 11 heteroatoms. The number of ether oxygens (including phenoxy) is 3. The first-order valence-electron chi connectivity index (χ1n) is 11.5. The van der Waals surface area contributed by atoms with Gasteiger partial charge < -0.3 is 19.3 Å². The molecule has 37 heavy (non-hydrogen) atoms. The van der Waals surface area contributed by atoms with Crippen LogP contribution in [0.15, 0.2) is 48.3 Å². The number of benzene rings is 1. The van der Waals surface area contributed by atoms with Crippen molar-refractivity contribution < 1.29 is 33.7 Å². The normalized spacial score (nSPS) is 16.6. The van der Waals surface area contributed by atoms with E-state index in [1.807, 2.05) is 6.92 Å². The lowest BCUT2D eigenvalue weighted by atomic mass is 9.95. The zero-order valence-electron chi connectivity index (χ0n) is 20.7. The highest BCUT2D eigenvalue weighted by Crippen LogP contribution is 2.45. The molecule has 0 bridgehead atoms. The molecule has 0 spiro atoms. The lowest BCUT2D eigenvalue weighted by Gasteiger charge is -2.24. The number of ketones is 1. The molecule has 0 radical (unpaired) electrons. The average molecular weight is 524 g/mol. The number of anilines is 1. The molecule has 1 N–H and O–H groups in total. The van der Waals surface area contributed by atoms with Crippen LogP contribution >= 0.6 is 11.3 Å². The molecule has 192 valence electrons. The minimum absolute atomic E-state index is 0.120. The Bertz CT molecular complexity index is 1380. The van der Waals surface area contributed by atoms with Gasteiger partial charge in [0.25, 0.3) is 5.78 Å². The molecule has 3 heterocycles. The van der Waals surface area contributed by atoms with Gasteiger partial charge in [0.1, 0.15) is 10.6 Å². The summed E-state index contributed by atoms with van der Waals surface area (Å²) >= 11 is 0.937. The van der Waals surface area contributed by atoms with E-state index in [2.05, 4.69) is 9.97 Å². The number of hydrogen-bond donors (Lipinski definition) is 1. The van der Waals surface area contributed by atoms with E-state index in [1.54, 1.807) is 32.0 Å². The monoisotopic (exact) mass is 523 g/mol. The third-order valence-corrected chi connectivity index (χ3v) is 6.79. The highest BCUT2D eigenvalue weighted by atomic mass is 32.1. The van der Waals surface area contributed by atoms with Crippen LogP contribution in [0.1, 0.15) is 46.4 Å². The van der Waals surface area contributed by atoms with Gasteiger partial charge in [0.05, 0.1) is 37.6 Å². The molecule has 1 aromatic carbocycles. The van der Waals surface area contributed by atoms with Gasteiger partial charge in [-0.05, 0) is 50.6 Å². The Kier molecular flexibility index (Phi) is 7.53. The number of amides is 1. The van der Waals surface area contributed by atoms with Crippen molar-refractivity contribution in [2.24, 2.45) is 0 Å². The molecule has 3 aromatic rings. The van der Waals surface area contributed by atoms with Crippen LogP contribution < -0.4 is 14.4 Å². The number of hydrogen-bond acceptors (Lipinski definition) is 10. The summed E-state index contributed by atoms with van der Waals surface area (Å²) in [5, 5.41) is 11.3. The summed E-state index contributed by atoms with van der Waals surface area (Å²) in [6, 6.07) is 7.00. The maximum Gasteiger partial charge on any atom is 0.350 e. The van der Waals surface area contributed by atoms with E-state index in [0.717, 1.165) is 11.3 Å². The Morgan fingerprint density at radius 1 is 1.11 bits per heavy atom. The predicted molar refractivity (Wildman–Crippen MR) is 136 cm³/mol. The van der Waals surface area contributed by atoms with Crippen LogP contribution in [-0.4, -0.2) is 53.1 Å². The van der Waals surface area contributed by atoms with Crippen LogP contribution in [0, 0.1) is 6.92 Å². The first kappa shape index (κ1) is 25.8. The molecule has 1 aliphatic rings. The van der Waals surface area contributed by atoms with Crippen molar-refractivity contribution in [3.05, 3.63) is 70.0 Å². The number of aryl methyl sites for hydroxylation is 1. The fraction of sp³-hybridized carbons (Fsp3) is 0.269. The second kappa shape index (κ2) is 10.8. The van der Waals surface area contributed by atoms with Crippen molar-refractivity contribution in [1.29, 1.82) is 0 Å². The van der Waals surface area contributed by atoms with Crippen LogP contribution in [-0.2, 0) is 14.3 Å². The van der Waals surface area contributed by atoms with Gasteiger partial charge in [-0.15, -0.1) is 0 Å². The average Bonchev–Trinajstić information content (AvgIpc) is 3.41. The zero-order valence-corrected chi connectivity index (χ0v) is 21.5. The van der Waals surface area contributed by atoms with Crippen molar-refractivity contribution in [3.63, 3.8) is 0 Å². The number of thiazole rings is 1. The molecule has 0 saturated carbocycles. The van der Waals surface area contributed by atoms with E-state index in [9.17, 15) is 19.5 Å². The van der Waals surface area contributed by atoms with Crippen molar-refractivity contribution in [3.8, 4) is 11.5 Å². The molecule has 10 nitrogen and oxygen atoms in total. The van der Waals surface area contributed by atoms with E-state index >= 15 is 0 Å². The summed E-state index contributed by atoms with van der Waals surface area (Å²) in [7, 11) is 1.48. The standard InChI is InChI=1S/C26H25N3O7S/c1-5-35-17-8-7-16(13-18(17)34-4)20-19(21(30)15-9-11-27-12-10-15)22(31)24(32)29(20)26-28-14(3)23(37-26)25(33)36-6-2/h7-13,20,30H,5-6H2,1-4H3. The van der Waals surface area contributed by atoms with E-state index in [0.29, 0.717) is 34.9 Å². The number of methoxy groups -OCH3 is 1. The van der Waals surface area contributed by atoms with Gasteiger partial charge in [-0.25, -0.2) is 9.78 Å². The van der Waals surface area contributed by atoms with Crippen molar-refractivity contribution >= 4 is 39.9 Å². The van der Waals surface area contributed by atoms with Crippen molar-refractivity contribution in [2.45, 2.75) is 26.8 Å². The number of rotatable bonds is 8. The molecule has 1 atom stereocenters.